The molecule has 0 saturated heterocycles. The van der Waals surface area contributed by atoms with Crippen molar-refractivity contribution in [3.05, 3.63) is 0 Å². The molecule has 11 heteroatoms. The van der Waals surface area contributed by atoms with Crippen LogP contribution in [0.3, 0.4) is 0 Å². The molecule has 2 N–H and O–H groups in total. The number of nitrogens with one attached hydrogen (secondary N) is 2. The van der Waals surface area contributed by atoms with Crippen LogP contribution in [0.15, 0.2) is 4.34 Å². The topological polar surface area (TPSA) is 120 Å². The van der Waals surface area contributed by atoms with Gasteiger partial charge in [0.25, 0.3) is 10.0 Å². The standard InChI is InChI=1S/C8H14N4O5S2/c1-5(13)10-7-11-12-8(18-7)19(14,15)9-4-6(16-2)17-3/h6,9H,4H2,1-3H3,(H,10,11,13). The Morgan fingerprint density at radius 3 is 2.53 bits per heavy atom. The van der Waals surface area contributed by atoms with Gasteiger partial charge in [0.15, 0.2) is 6.29 Å². The summed E-state index contributed by atoms with van der Waals surface area (Å²) in [7, 11) is -1.02. The van der Waals surface area contributed by atoms with Crippen molar-refractivity contribution in [3.63, 3.8) is 0 Å². The molecule has 9 nitrogen and oxygen atoms in total. The fourth-order valence-corrected chi connectivity index (χ4v) is 3.03. The van der Waals surface area contributed by atoms with Gasteiger partial charge in [-0.1, -0.05) is 11.3 Å². The van der Waals surface area contributed by atoms with Crippen molar-refractivity contribution in [2.75, 3.05) is 26.1 Å². The minimum Gasteiger partial charge on any atom is -0.355 e. The third kappa shape index (κ3) is 4.80. The number of carbonyl (C=O) groups excluding carboxylic acids is 1. The Morgan fingerprint density at radius 2 is 2.00 bits per heavy atom. The zero-order valence-corrected chi connectivity index (χ0v) is 12.2. The van der Waals surface area contributed by atoms with Gasteiger partial charge < -0.3 is 14.8 Å². The quantitative estimate of drug-likeness (QED) is 0.509. The van der Waals surface area contributed by atoms with E-state index >= 15 is 0 Å². The second kappa shape index (κ2) is 6.86. The van der Waals surface area contributed by atoms with Gasteiger partial charge in [0.2, 0.25) is 15.4 Å². The van der Waals surface area contributed by atoms with Gasteiger partial charge in [-0.2, -0.15) is 0 Å². The van der Waals surface area contributed by atoms with Gasteiger partial charge in [-0.15, -0.1) is 10.2 Å². The Hall–Kier alpha value is -1.14. The van der Waals surface area contributed by atoms with Crippen molar-refractivity contribution in [3.8, 4) is 0 Å². The number of hydrogen-bond donors (Lipinski definition) is 2. The minimum atomic E-state index is -3.81. The number of anilines is 1. The first-order chi connectivity index (χ1) is 8.89. The number of carbonyl (C=O) groups is 1. The van der Waals surface area contributed by atoms with E-state index in [2.05, 4.69) is 20.2 Å². The fourth-order valence-electron chi connectivity index (χ4n) is 1.02. The molecule has 0 atom stereocenters. The highest BCUT2D eigenvalue weighted by molar-refractivity contribution is 7.91. The summed E-state index contributed by atoms with van der Waals surface area (Å²) in [4.78, 5) is 10.8. The van der Waals surface area contributed by atoms with E-state index in [1.807, 2.05) is 0 Å². The van der Waals surface area contributed by atoms with Crippen LogP contribution in [0.2, 0.25) is 0 Å². The molecule has 1 aromatic rings. The molecule has 0 saturated carbocycles. The number of ether oxygens (including phenoxy) is 2. The molecule has 0 aliphatic carbocycles. The molecule has 0 aromatic carbocycles. The van der Waals surface area contributed by atoms with E-state index in [1.54, 1.807) is 0 Å². The van der Waals surface area contributed by atoms with Crippen LogP contribution in [-0.4, -0.2) is 51.6 Å². The van der Waals surface area contributed by atoms with E-state index in [9.17, 15) is 13.2 Å². The monoisotopic (exact) mass is 310 g/mol. The largest absolute Gasteiger partial charge is 0.355 e. The van der Waals surface area contributed by atoms with E-state index in [0.717, 1.165) is 11.3 Å². The summed E-state index contributed by atoms with van der Waals surface area (Å²) in [6.07, 6.45) is -0.697. The first-order valence-corrected chi connectivity index (χ1v) is 7.35. The number of aromatic nitrogens is 2. The van der Waals surface area contributed by atoms with Gasteiger partial charge in [-0.3, -0.25) is 4.79 Å². The SMILES string of the molecule is COC(CNS(=O)(=O)c1nnc(NC(C)=O)s1)OC. The van der Waals surface area contributed by atoms with Gasteiger partial charge in [0.1, 0.15) is 0 Å². The molecule has 1 rings (SSSR count). The third-order valence-electron chi connectivity index (χ3n) is 1.89. The molecule has 1 heterocycles. The maximum atomic E-state index is 11.8. The summed E-state index contributed by atoms with van der Waals surface area (Å²) >= 11 is 0.749. The molecule has 0 spiro atoms. The summed E-state index contributed by atoms with van der Waals surface area (Å²) < 4.78 is 35.4. The van der Waals surface area contributed by atoms with Gasteiger partial charge in [-0.05, 0) is 0 Å². The number of rotatable bonds is 7. The second-order valence-electron chi connectivity index (χ2n) is 3.31. The van der Waals surface area contributed by atoms with Crippen molar-refractivity contribution in [1.82, 2.24) is 14.9 Å². The fraction of sp³-hybridized carbons (Fsp3) is 0.625. The molecule has 0 radical (unpaired) electrons. The van der Waals surface area contributed by atoms with E-state index < -0.39 is 16.3 Å². The lowest BCUT2D eigenvalue weighted by atomic mass is 10.6. The summed E-state index contributed by atoms with van der Waals surface area (Å²) in [5.41, 5.74) is 0. The van der Waals surface area contributed by atoms with Crippen molar-refractivity contribution in [2.24, 2.45) is 0 Å². The molecule has 1 amide bonds. The van der Waals surface area contributed by atoms with Gasteiger partial charge >= 0.3 is 0 Å². The first kappa shape index (κ1) is 15.9. The van der Waals surface area contributed by atoms with E-state index in [0.29, 0.717) is 0 Å². The Bertz CT molecular complexity index is 525. The number of methoxy groups -OCH3 is 2. The van der Waals surface area contributed by atoms with Crippen molar-refractivity contribution in [2.45, 2.75) is 17.6 Å². The summed E-state index contributed by atoms with van der Waals surface area (Å²) in [5, 5.41) is 9.50. The van der Waals surface area contributed by atoms with Crippen molar-refractivity contribution < 1.29 is 22.7 Å². The molecule has 0 bridgehead atoms. The van der Waals surface area contributed by atoms with Crippen molar-refractivity contribution >= 4 is 32.4 Å². The Labute approximate surface area is 114 Å². The average molecular weight is 310 g/mol. The number of hydrogen-bond acceptors (Lipinski definition) is 8. The average Bonchev–Trinajstić information content (AvgIpc) is 2.78. The molecule has 1 aromatic heterocycles. The lowest BCUT2D eigenvalue weighted by Crippen LogP contribution is -2.34. The molecule has 0 fully saturated rings. The maximum Gasteiger partial charge on any atom is 0.270 e. The Morgan fingerprint density at radius 1 is 1.37 bits per heavy atom. The van der Waals surface area contributed by atoms with E-state index in [4.69, 9.17) is 9.47 Å². The van der Waals surface area contributed by atoms with Crippen LogP contribution >= 0.6 is 11.3 Å². The zero-order chi connectivity index (χ0) is 14.5. The van der Waals surface area contributed by atoms with Crippen LogP contribution < -0.4 is 10.0 Å². The van der Waals surface area contributed by atoms with Crippen LogP contribution in [0, 0.1) is 0 Å². The second-order valence-corrected chi connectivity index (χ2v) is 6.23. The summed E-state index contributed by atoms with van der Waals surface area (Å²) in [6.45, 7) is 1.22. The number of amides is 1. The zero-order valence-electron chi connectivity index (χ0n) is 10.5. The van der Waals surface area contributed by atoms with Gasteiger partial charge in [0.05, 0.1) is 6.54 Å². The highest BCUT2D eigenvalue weighted by Gasteiger charge is 2.21. The normalized spacial score (nSPS) is 11.8. The smallest absolute Gasteiger partial charge is 0.270 e. The highest BCUT2D eigenvalue weighted by atomic mass is 32.2. The lowest BCUT2D eigenvalue weighted by Gasteiger charge is -2.12. The third-order valence-corrected chi connectivity index (χ3v) is 4.51. The molecule has 0 aliphatic heterocycles. The molecular weight excluding hydrogens is 296 g/mol. The minimum absolute atomic E-state index is 0.0651. The van der Waals surface area contributed by atoms with Crippen LogP contribution in [0.4, 0.5) is 5.13 Å². The molecule has 0 unspecified atom stereocenters. The number of nitrogens with zero attached hydrogens (tertiary/aromatic N) is 2. The molecule has 108 valence electrons. The van der Waals surface area contributed by atoms with Gasteiger partial charge in [0, 0.05) is 21.1 Å². The predicted octanol–water partition coefficient (Wildman–Crippen LogP) is -0.606. The van der Waals surface area contributed by atoms with Crippen molar-refractivity contribution in [1.29, 1.82) is 0 Å². The van der Waals surface area contributed by atoms with Gasteiger partial charge in [-0.25, -0.2) is 13.1 Å². The first-order valence-electron chi connectivity index (χ1n) is 5.05. The number of sulfonamides is 1. The summed E-state index contributed by atoms with van der Waals surface area (Å²) in [6, 6.07) is 0. The Kier molecular flexibility index (Phi) is 5.75. The van der Waals surface area contributed by atoms with E-state index in [1.165, 1.54) is 21.1 Å². The Balaban J connectivity index is 2.72. The molecule has 0 aliphatic rings. The van der Waals surface area contributed by atoms with Crippen LogP contribution in [0.5, 0.6) is 0 Å². The van der Waals surface area contributed by atoms with Crippen LogP contribution in [0.1, 0.15) is 6.92 Å². The summed E-state index contributed by atoms with van der Waals surface area (Å²) in [5.74, 6) is -0.355. The van der Waals surface area contributed by atoms with E-state index in [-0.39, 0.29) is 21.9 Å². The molecular formula is C8H14N4O5S2. The van der Waals surface area contributed by atoms with Crippen LogP contribution in [0.25, 0.3) is 0 Å². The van der Waals surface area contributed by atoms with Crippen LogP contribution in [-0.2, 0) is 24.3 Å². The highest BCUT2D eigenvalue weighted by Crippen LogP contribution is 2.19. The lowest BCUT2D eigenvalue weighted by molar-refractivity contribution is -0.114. The molecule has 19 heavy (non-hydrogen) atoms. The predicted molar refractivity (Wildman–Crippen MR) is 67.2 cm³/mol. The maximum absolute atomic E-state index is 11.8.